The van der Waals surface area contributed by atoms with Gasteiger partial charge in [-0.05, 0) is 45.0 Å². The second-order valence-electron chi connectivity index (χ2n) is 9.16. The Bertz CT molecular complexity index is 1230. The number of benzene rings is 1. The summed E-state index contributed by atoms with van der Waals surface area (Å²) >= 11 is 0. The number of anilines is 3. The van der Waals surface area contributed by atoms with Gasteiger partial charge in [0.05, 0.1) is 24.9 Å². The second-order valence-corrected chi connectivity index (χ2v) is 9.16. The lowest BCUT2D eigenvalue weighted by molar-refractivity contribution is 0.0984. The van der Waals surface area contributed by atoms with E-state index in [2.05, 4.69) is 37.3 Å². The Labute approximate surface area is 211 Å². The molecule has 1 aromatic carbocycles. The molecule has 1 atom stereocenters. The van der Waals surface area contributed by atoms with Crippen LogP contribution in [0.5, 0.6) is 0 Å². The quantitative estimate of drug-likeness (QED) is 0.564. The summed E-state index contributed by atoms with van der Waals surface area (Å²) in [5.74, 6) is 2.58. The van der Waals surface area contributed by atoms with E-state index in [4.69, 9.17) is 14.7 Å². The topological polar surface area (TPSA) is 108 Å². The Morgan fingerprint density at radius 3 is 2.75 bits per heavy atom. The van der Waals surface area contributed by atoms with Crippen LogP contribution in [0.4, 0.5) is 22.1 Å². The van der Waals surface area contributed by atoms with Crippen LogP contribution in [0.15, 0.2) is 36.7 Å². The smallest absolute Gasteiger partial charge is 0.319 e. The lowest BCUT2D eigenvalue weighted by Crippen LogP contribution is -2.45. The van der Waals surface area contributed by atoms with E-state index < -0.39 is 0 Å². The zero-order valence-corrected chi connectivity index (χ0v) is 21.0. The SMILES string of the molecule is CCNC(=O)Nc1ccc(-c2nc3c(c(N4CCOC[C@@H]4C)n2)CN(c2cc(C)ncn2)CC3)cc1. The number of carbonyl (C=O) groups is 1. The molecule has 10 nitrogen and oxygen atoms in total. The predicted octanol–water partition coefficient (Wildman–Crippen LogP) is 3.17. The number of nitrogens with zero attached hydrogens (tertiary/aromatic N) is 6. The minimum Gasteiger partial charge on any atom is -0.377 e. The monoisotopic (exact) mass is 488 g/mol. The number of aryl methyl sites for hydroxylation is 1. The first-order chi connectivity index (χ1) is 17.5. The number of rotatable bonds is 5. The van der Waals surface area contributed by atoms with Crippen LogP contribution >= 0.6 is 0 Å². The molecule has 5 rings (SSSR count). The summed E-state index contributed by atoms with van der Waals surface area (Å²) in [4.78, 5) is 35.3. The molecule has 0 spiro atoms. The molecule has 10 heteroatoms. The van der Waals surface area contributed by atoms with Crippen molar-refractivity contribution in [2.75, 3.05) is 48.0 Å². The van der Waals surface area contributed by atoms with E-state index in [1.807, 2.05) is 44.2 Å². The Hall–Kier alpha value is -3.79. The molecule has 0 saturated carbocycles. The first-order valence-electron chi connectivity index (χ1n) is 12.4. The minimum absolute atomic E-state index is 0.214. The standard InChI is InChI=1S/C26H32N8O2/c1-4-27-26(35)30-20-7-5-19(6-8-20)24-31-22-9-10-33(23-13-17(2)28-16-29-23)14-21(22)25(32-24)34-11-12-36-15-18(34)3/h5-8,13,16,18H,4,9-12,14-15H2,1-3H3,(H2,27,30,35)/t18-/m0/s1. The van der Waals surface area contributed by atoms with Crippen molar-refractivity contribution in [2.45, 2.75) is 39.8 Å². The molecule has 188 valence electrons. The first kappa shape index (κ1) is 23.9. The van der Waals surface area contributed by atoms with Crippen molar-refractivity contribution >= 4 is 23.4 Å². The number of hydrogen-bond acceptors (Lipinski definition) is 8. The van der Waals surface area contributed by atoms with Gasteiger partial charge in [0, 0.05) is 61.2 Å². The maximum Gasteiger partial charge on any atom is 0.319 e. The van der Waals surface area contributed by atoms with E-state index in [-0.39, 0.29) is 12.1 Å². The third-order valence-corrected chi connectivity index (χ3v) is 6.53. The Kier molecular flexibility index (Phi) is 6.95. The number of ether oxygens (including phenoxy) is 1. The summed E-state index contributed by atoms with van der Waals surface area (Å²) in [5, 5.41) is 5.57. The molecule has 2 N–H and O–H groups in total. The van der Waals surface area contributed by atoms with Crippen molar-refractivity contribution < 1.29 is 9.53 Å². The molecule has 2 aliphatic rings. The highest BCUT2D eigenvalue weighted by Crippen LogP contribution is 2.33. The zero-order chi connectivity index (χ0) is 25.1. The van der Waals surface area contributed by atoms with Crippen molar-refractivity contribution in [1.29, 1.82) is 0 Å². The number of hydrogen-bond donors (Lipinski definition) is 2. The number of carbonyl (C=O) groups excluding carboxylic acids is 1. The van der Waals surface area contributed by atoms with Gasteiger partial charge in [0.2, 0.25) is 0 Å². The summed E-state index contributed by atoms with van der Waals surface area (Å²) in [6, 6.07) is 9.68. The molecule has 1 fully saturated rings. The fourth-order valence-electron chi connectivity index (χ4n) is 4.65. The number of amides is 2. The van der Waals surface area contributed by atoms with Gasteiger partial charge in [0.25, 0.3) is 0 Å². The van der Waals surface area contributed by atoms with Gasteiger partial charge in [-0.15, -0.1) is 0 Å². The normalized spacial score (nSPS) is 17.5. The van der Waals surface area contributed by atoms with Crippen LogP contribution in [0.3, 0.4) is 0 Å². The molecule has 36 heavy (non-hydrogen) atoms. The van der Waals surface area contributed by atoms with Crippen molar-refractivity contribution in [3.8, 4) is 11.4 Å². The van der Waals surface area contributed by atoms with Crippen LogP contribution in [0.25, 0.3) is 11.4 Å². The predicted molar refractivity (Wildman–Crippen MR) is 139 cm³/mol. The highest BCUT2D eigenvalue weighted by molar-refractivity contribution is 5.89. The number of nitrogens with one attached hydrogen (secondary N) is 2. The molecule has 2 aliphatic heterocycles. The van der Waals surface area contributed by atoms with E-state index in [9.17, 15) is 4.79 Å². The molecule has 4 heterocycles. The fourth-order valence-corrected chi connectivity index (χ4v) is 4.65. The molecule has 2 aromatic heterocycles. The van der Waals surface area contributed by atoms with Crippen LogP contribution in [-0.2, 0) is 17.7 Å². The highest BCUT2D eigenvalue weighted by Gasteiger charge is 2.29. The molecular weight excluding hydrogens is 456 g/mol. The molecule has 2 amide bonds. The summed E-state index contributed by atoms with van der Waals surface area (Å²) < 4.78 is 5.71. The third kappa shape index (κ3) is 5.08. The van der Waals surface area contributed by atoms with Crippen molar-refractivity contribution in [2.24, 2.45) is 0 Å². The number of urea groups is 1. The molecule has 0 radical (unpaired) electrons. The van der Waals surface area contributed by atoms with Gasteiger partial charge in [0.15, 0.2) is 5.82 Å². The Balaban J connectivity index is 1.49. The van der Waals surface area contributed by atoms with Gasteiger partial charge >= 0.3 is 6.03 Å². The maximum absolute atomic E-state index is 11.9. The third-order valence-electron chi connectivity index (χ3n) is 6.53. The van der Waals surface area contributed by atoms with Crippen LogP contribution in [0, 0.1) is 6.92 Å². The first-order valence-corrected chi connectivity index (χ1v) is 12.4. The van der Waals surface area contributed by atoms with Crippen molar-refractivity contribution in [3.05, 3.63) is 53.6 Å². The second kappa shape index (κ2) is 10.4. The molecule has 0 aliphatic carbocycles. The lowest BCUT2D eigenvalue weighted by atomic mass is 10.0. The molecule has 0 bridgehead atoms. The fraction of sp³-hybridized carbons (Fsp3) is 0.423. The van der Waals surface area contributed by atoms with E-state index in [0.29, 0.717) is 32.1 Å². The van der Waals surface area contributed by atoms with Crippen LogP contribution in [-0.4, -0.2) is 64.9 Å². The van der Waals surface area contributed by atoms with Crippen molar-refractivity contribution in [3.63, 3.8) is 0 Å². The lowest BCUT2D eigenvalue weighted by Gasteiger charge is -2.38. The summed E-state index contributed by atoms with van der Waals surface area (Å²) in [6.07, 6.45) is 2.42. The van der Waals surface area contributed by atoms with E-state index in [1.165, 1.54) is 0 Å². The van der Waals surface area contributed by atoms with Gasteiger partial charge in [-0.2, -0.15) is 0 Å². The van der Waals surface area contributed by atoms with Gasteiger partial charge in [-0.1, -0.05) is 0 Å². The largest absolute Gasteiger partial charge is 0.377 e. The highest BCUT2D eigenvalue weighted by atomic mass is 16.5. The molecule has 0 unspecified atom stereocenters. The van der Waals surface area contributed by atoms with Crippen LogP contribution in [0.2, 0.25) is 0 Å². The number of fused-ring (bicyclic) bond motifs is 1. The van der Waals surface area contributed by atoms with E-state index in [0.717, 1.165) is 59.3 Å². The van der Waals surface area contributed by atoms with Crippen molar-refractivity contribution in [1.82, 2.24) is 25.3 Å². The molecule has 1 saturated heterocycles. The summed E-state index contributed by atoms with van der Waals surface area (Å²) in [5.41, 5.74) is 4.80. The van der Waals surface area contributed by atoms with Gasteiger partial charge in [0.1, 0.15) is 18.0 Å². The average molecular weight is 489 g/mol. The van der Waals surface area contributed by atoms with Gasteiger partial charge in [-0.3, -0.25) is 0 Å². The number of aromatic nitrogens is 4. The van der Waals surface area contributed by atoms with E-state index >= 15 is 0 Å². The van der Waals surface area contributed by atoms with Gasteiger partial charge in [-0.25, -0.2) is 24.7 Å². The van der Waals surface area contributed by atoms with Gasteiger partial charge < -0.3 is 25.2 Å². The number of morpholine rings is 1. The average Bonchev–Trinajstić information content (AvgIpc) is 2.89. The zero-order valence-electron chi connectivity index (χ0n) is 21.0. The summed E-state index contributed by atoms with van der Waals surface area (Å²) in [7, 11) is 0. The van der Waals surface area contributed by atoms with E-state index in [1.54, 1.807) is 6.33 Å². The Morgan fingerprint density at radius 1 is 1.17 bits per heavy atom. The van der Waals surface area contributed by atoms with Crippen LogP contribution < -0.4 is 20.4 Å². The molecular formula is C26H32N8O2. The maximum atomic E-state index is 11.9. The van der Waals surface area contributed by atoms with Crippen LogP contribution in [0.1, 0.15) is 30.8 Å². The minimum atomic E-state index is -0.220. The Morgan fingerprint density at radius 2 is 2.00 bits per heavy atom. The molecule has 3 aromatic rings. The summed E-state index contributed by atoms with van der Waals surface area (Å²) in [6.45, 7) is 10.3.